The first kappa shape index (κ1) is 13.3. The molecule has 3 nitrogen and oxygen atoms in total. The van der Waals surface area contributed by atoms with E-state index in [4.69, 9.17) is 5.73 Å². The molecular weight excluding hydrogens is 164 g/mol. The molecule has 0 fully saturated rings. The van der Waals surface area contributed by atoms with Gasteiger partial charge in [0.2, 0.25) is 5.91 Å². The maximum atomic E-state index is 10.9. The molecule has 0 aromatic heterocycles. The van der Waals surface area contributed by atoms with E-state index >= 15 is 0 Å². The van der Waals surface area contributed by atoms with Crippen LogP contribution in [0.15, 0.2) is 0 Å². The molecule has 0 aromatic carbocycles. The van der Waals surface area contributed by atoms with Crippen LogP contribution in [-0.4, -0.2) is 18.5 Å². The molecule has 0 aromatic rings. The van der Waals surface area contributed by atoms with E-state index < -0.39 is 0 Å². The summed E-state index contributed by atoms with van der Waals surface area (Å²) in [5.41, 5.74) is 5.45. The van der Waals surface area contributed by atoms with Crippen molar-refractivity contribution in [1.82, 2.24) is 5.32 Å². The van der Waals surface area contributed by atoms with Gasteiger partial charge in [-0.3, -0.25) is 4.79 Å². The molecule has 68 valence electrons. The summed E-state index contributed by atoms with van der Waals surface area (Å²) in [6.45, 7) is 4.64. The Morgan fingerprint density at radius 1 is 1.55 bits per heavy atom. The van der Waals surface area contributed by atoms with Crippen molar-refractivity contribution in [1.29, 1.82) is 0 Å². The third-order valence-corrected chi connectivity index (χ3v) is 1.33. The Morgan fingerprint density at radius 3 is 2.45 bits per heavy atom. The summed E-state index contributed by atoms with van der Waals surface area (Å²) in [5, 5.41) is 2.72. The van der Waals surface area contributed by atoms with Gasteiger partial charge in [0.25, 0.3) is 0 Å². The summed E-state index contributed by atoms with van der Waals surface area (Å²) >= 11 is 0. The topological polar surface area (TPSA) is 55.1 Å². The van der Waals surface area contributed by atoms with Gasteiger partial charge in [-0.15, -0.1) is 12.4 Å². The second-order valence-electron chi connectivity index (χ2n) is 2.31. The molecule has 1 atom stereocenters. The lowest BCUT2D eigenvalue weighted by Crippen LogP contribution is -2.40. The van der Waals surface area contributed by atoms with Gasteiger partial charge in [-0.2, -0.15) is 0 Å². The largest absolute Gasteiger partial charge is 0.355 e. The van der Waals surface area contributed by atoms with Gasteiger partial charge in [0.1, 0.15) is 0 Å². The summed E-state index contributed by atoms with van der Waals surface area (Å²) in [6.07, 6.45) is 1.66. The van der Waals surface area contributed by atoms with Crippen molar-refractivity contribution in [2.75, 3.05) is 6.54 Å². The van der Waals surface area contributed by atoms with Crippen molar-refractivity contribution in [2.24, 2.45) is 5.73 Å². The summed E-state index contributed by atoms with van der Waals surface area (Å²) < 4.78 is 0. The van der Waals surface area contributed by atoms with Gasteiger partial charge in [-0.05, 0) is 12.8 Å². The van der Waals surface area contributed by atoms with Gasteiger partial charge in [-0.1, -0.05) is 13.8 Å². The van der Waals surface area contributed by atoms with Crippen LogP contribution in [-0.2, 0) is 4.79 Å². The Kier molecular flexibility index (Phi) is 9.47. The van der Waals surface area contributed by atoms with E-state index in [1.54, 1.807) is 0 Å². The van der Waals surface area contributed by atoms with E-state index in [2.05, 4.69) is 5.32 Å². The normalized spacial score (nSPS) is 11.5. The molecule has 0 saturated heterocycles. The van der Waals surface area contributed by atoms with Gasteiger partial charge in [0.15, 0.2) is 0 Å². The number of carbonyl (C=O) groups is 1. The van der Waals surface area contributed by atoms with Crippen LogP contribution in [0.2, 0.25) is 0 Å². The minimum absolute atomic E-state index is 0. The average molecular weight is 181 g/mol. The molecule has 1 amide bonds. The van der Waals surface area contributed by atoms with Crippen molar-refractivity contribution in [3.8, 4) is 0 Å². The van der Waals surface area contributed by atoms with Crippen molar-refractivity contribution in [3.63, 3.8) is 0 Å². The maximum absolute atomic E-state index is 10.9. The zero-order chi connectivity index (χ0) is 7.98. The summed E-state index contributed by atoms with van der Waals surface area (Å²) in [7, 11) is 0. The molecule has 0 rings (SSSR count). The van der Waals surface area contributed by atoms with Crippen molar-refractivity contribution < 1.29 is 4.79 Å². The van der Waals surface area contributed by atoms with E-state index in [1.165, 1.54) is 0 Å². The van der Waals surface area contributed by atoms with Crippen LogP contribution in [0.4, 0.5) is 0 Å². The Hall–Kier alpha value is -0.280. The number of nitrogens with two attached hydrogens (primary N) is 1. The summed E-state index contributed by atoms with van der Waals surface area (Å²) in [6, 6.07) is -0.327. The zero-order valence-corrected chi connectivity index (χ0v) is 7.91. The molecule has 0 radical (unpaired) electrons. The smallest absolute Gasteiger partial charge is 0.236 e. The van der Waals surface area contributed by atoms with Crippen LogP contribution >= 0.6 is 12.4 Å². The van der Waals surface area contributed by atoms with Crippen LogP contribution < -0.4 is 11.1 Å². The zero-order valence-electron chi connectivity index (χ0n) is 7.09. The third kappa shape index (κ3) is 6.13. The van der Waals surface area contributed by atoms with Gasteiger partial charge < -0.3 is 11.1 Å². The van der Waals surface area contributed by atoms with E-state index in [-0.39, 0.29) is 24.4 Å². The van der Waals surface area contributed by atoms with Crippen LogP contribution in [0.1, 0.15) is 26.7 Å². The first-order valence-corrected chi connectivity index (χ1v) is 3.75. The Bertz CT molecular complexity index is 109. The molecule has 0 unspecified atom stereocenters. The van der Waals surface area contributed by atoms with Gasteiger partial charge in [0, 0.05) is 6.54 Å². The molecular formula is C7H17ClN2O. The molecule has 4 heteroatoms. The van der Waals surface area contributed by atoms with Crippen LogP contribution in [0.3, 0.4) is 0 Å². The number of rotatable bonds is 4. The second kappa shape index (κ2) is 7.82. The van der Waals surface area contributed by atoms with E-state index in [0.717, 1.165) is 13.0 Å². The molecule has 0 aliphatic carbocycles. The van der Waals surface area contributed by atoms with Gasteiger partial charge in [-0.25, -0.2) is 0 Å². The predicted octanol–water partition coefficient (Wildman–Crippen LogP) is 0.672. The van der Waals surface area contributed by atoms with Crippen LogP contribution in [0.25, 0.3) is 0 Å². The fourth-order valence-electron chi connectivity index (χ4n) is 0.565. The third-order valence-electron chi connectivity index (χ3n) is 1.33. The van der Waals surface area contributed by atoms with Crippen LogP contribution in [0, 0.1) is 0 Å². The van der Waals surface area contributed by atoms with Crippen molar-refractivity contribution in [3.05, 3.63) is 0 Å². The minimum Gasteiger partial charge on any atom is -0.355 e. The molecule has 0 aliphatic heterocycles. The lowest BCUT2D eigenvalue weighted by atomic mass is 10.2. The summed E-state index contributed by atoms with van der Waals surface area (Å²) in [5.74, 6) is -0.0376. The second-order valence-corrected chi connectivity index (χ2v) is 2.31. The number of nitrogens with one attached hydrogen (secondary N) is 1. The highest BCUT2D eigenvalue weighted by atomic mass is 35.5. The quantitative estimate of drug-likeness (QED) is 0.669. The van der Waals surface area contributed by atoms with Crippen molar-refractivity contribution >= 4 is 18.3 Å². The molecule has 3 N–H and O–H groups in total. The monoisotopic (exact) mass is 180 g/mol. The number of amides is 1. The minimum atomic E-state index is -0.327. The first-order valence-electron chi connectivity index (χ1n) is 3.75. The molecule has 0 saturated carbocycles. The number of hydrogen-bond donors (Lipinski definition) is 2. The fourth-order valence-corrected chi connectivity index (χ4v) is 0.565. The first-order chi connectivity index (χ1) is 4.72. The number of hydrogen-bond acceptors (Lipinski definition) is 2. The molecule has 0 aliphatic rings. The molecule has 0 bridgehead atoms. The maximum Gasteiger partial charge on any atom is 0.236 e. The Labute approximate surface area is 74.1 Å². The fraction of sp³-hybridized carbons (Fsp3) is 0.857. The van der Waals surface area contributed by atoms with E-state index in [9.17, 15) is 4.79 Å². The lowest BCUT2D eigenvalue weighted by Gasteiger charge is -2.07. The van der Waals surface area contributed by atoms with Gasteiger partial charge >= 0.3 is 0 Å². The van der Waals surface area contributed by atoms with Gasteiger partial charge in [0.05, 0.1) is 6.04 Å². The predicted molar refractivity (Wildman–Crippen MR) is 48.8 cm³/mol. The molecule has 0 spiro atoms. The van der Waals surface area contributed by atoms with Crippen molar-refractivity contribution in [2.45, 2.75) is 32.7 Å². The lowest BCUT2D eigenvalue weighted by molar-refractivity contribution is -0.122. The van der Waals surface area contributed by atoms with E-state index in [1.807, 2.05) is 13.8 Å². The highest BCUT2D eigenvalue weighted by Crippen LogP contribution is 1.84. The average Bonchev–Trinajstić information content (AvgIpc) is 1.98. The number of halogens is 1. The molecule has 0 heterocycles. The molecule has 11 heavy (non-hydrogen) atoms. The Morgan fingerprint density at radius 2 is 2.09 bits per heavy atom. The highest BCUT2D eigenvalue weighted by molar-refractivity contribution is 5.85. The SMILES string of the molecule is CCCNC(=O)[C@@H](N)CC.Cl. The summed E-state index contributed by atoms with van der Waals surface area (Å²) in [4.78, 5) is 10.9. The highest BCUT2D eigenvalue weighted by Gasteiger charge is 2.08. The van der Waals surface area contributed by atoms with Crippen LogP contribution in [0.5, 0.6) is 0 Å². The standard InChI is InChI=1S/C7H16N2O.ClH/c1-3-5-9-7(10)6(8)4-2;/h6H,3-5,8H2,1-2H3,(H,9,10);1H/t6-;/m0./s1. The Balaban J connectivity index is 0. The van der Waals surface area contributed by atoms with E-state index in [0.29, 0.717) is 6.42 Å². The number of carbonyl (C=O) groups excluding carboxylic acids is 1.